The molecule has 0 unspecified atom stereocenters. The molecule has 1 heterocycles. The van der Waals surface area contributed by atoms with E-state index in [0.29, 0.717) is 13.1 Å². The van der Waals surface area contributed by atoms with Gasteiger partial charge < -0.3 is 9.64 Å². The van der Waals surface area contributed by atoms with E-state index in [1.165, 1.54) is 35.6 Å². The monoisotopic (exact) mass is 368 g/mol. The summed E-state index contributed by atoms with van der Waals surface area (Å²) in [6.07, 6.45) is 1.92. The summed E-state index contributed by atoms with van der Waals surface area (Å²) in [6, 6.07) is 5.45. The van der Waals surface area contributed by atoms with Crippen LogP contribution in [0.25, 0.3) is 0 Å². The Hall–Kier alpha value is -1.93. The number of nitrogens with zero attached hydrogens (tertiary/aromatic N) is 2. The van der Waals surface area contributed by atoms with E-state index in [1.54, 1.807) is 18.7 Å². The third-order valence-electron chi connectivity index (χ3n) is 4.26. The van der Waals surface area contributed by atoms with Gasteiger partial charge in [0.15, 0.2) is 6.61 Å². The predicted molar refractivity (Wildman–Crippen MR) is 92.6 cm³/mol. The van der Waals surface area contributed by atoms with E-state index in [2.05, 4.69) is 0 Å². The van der Waals surface area contributed by atoms with Crippen LogP contribution in [0.5, 0.6) is 0 Å². The normalized spacial score (nSPS) is 15.0. The molecule has 1 saturated heterocycles. The predicted octanol–water partition coefficient (Wildman–Crippen LogP) is 1.49. The lowest BCUT2D eigenvalue weighted by atomic mass is 10.2. The molecule has 0 radical (unpaired) electrons. The minimum absolute atomic E-state index is 0.0176. The summed E-state index contributed by atoms with van der Waals surface area (Å²) in [5.41, 5.74) is 0.104. The van der Waals surface area contributed by atoms with Gasteiger partial charge in [0.25, 0.3) is 5.91 Å². The average Bonchev–Trinajstić information content (AvgIpc) is 3.13. The molecule has 7 nitrogen and oxygen atoms in total. The number of hydrogen-bond acceptors (Lipinski definition) is 5. The van der Waals surface area contributed by atoms with Gasteiger partial charge >= 0.3 is 5.97 Å². The van der Waals surface area contributed by atoms with Crippen molar-refractivity contribution in [3.05, 3.63) is 29.8 Å². The van der Waals surface area contributed by atoms with Crippen LogP contribution < -0.4 is 0 Å². The van der Waals surface area contributed by atoms with Gasteiger partial charge in [-0.15, -0.1) is 0 Å². The molecule has 1 aromatic rings. The summed E-state index contributed by atoms with van der Waals surface area (Å²) in [5, 5.41) is 0. The molecule has 8 heteroatoms. The summed E-state index contributed by atoms with van der Waals surface area (Å²) < 4.78 is 31.3. The van der Waals surface area contributed by atoms with Crippen molar-refractivity contribution in [2.24, 2.45) is 0 Å². The highest BCUT2D eigenvalue weighted by Gasteiger charge is 2.24. The number of carbonyl (C=O) groups is 2. The molecule has 0 aliphatic carbocycles. The van der Waals surface area contributed by atoms with Crippen molar-refractivity contribution in [2.75, 3.05) is 26.7 Å². The molecule has 138 valence electrons. The van der Waals surface area contributed by atoms with Gasteiger partial charge in [0.2, 0.25) is 10.0 Å². The largest absolute Gasteiger partial charge is 0.452 e. The quantitative estimate of drug-likeness (QED) is 0.711. The number of likely N-dealkylation sites (tertiary alicyclic amines) is 1. The molecule has 0 N–H and O–H groups in total. The van der Waals surface area contributed by atoms with Crippen LogP contribution in [0.1, 0.15) is 37.0 Å². The van der Waals surface area contributed by atoms with Crippen LogP contribution in [-0.2, 0) is 19.6 Å². The van der Waals surface area contributed by atoms with Crippen molar-refractivity contribution in [2.45, 2.75) is 37.6 Å². The van der Waals surface area contributed by atoms with Gasteiger partial charge in [-0.05, 0) is 44.9 Å². The first-order valence-corrected chi connectivity index (χ1v) is 9.70. The summed E-state index contributed by atoms with van der Waals surface area (Å²) in [5.74, 6) is -0.939. The van der Waals surface area contributed by atoms with Gasteiger partial charge in [-0.3, -0.25) is 4.79 Å². The summed E-state index contributed by atoms with van der Waals surface area (Å²) >= 11 is 0. The minimum atomic E-state index is -3.69. The van der Waals surface area contributed by atoms with Crippen LogP contribution in [0.2, 0.25) is 0 Å². The van der Waals surface area contributed by atoms with Crippen LogP contribution in [0.4, 0.5) is 0 Å². The maximum absolute atomic E-state index is 12.5. The van der Waals surface area contributed by atoms with Crippen molar-refractivity contribution in [3.63, 3.8) is 0 Å². The van der Waals surface area contributed by atoms with E-state index in [1.807, 2.05) is 0 Å². The van der Waals surface area contributed by atoms with E-state index in [-0.39, 0.29) is 29.0 Å². The SMILES string of the molecule is CC(C)N(C)S(=O)(=O)c1cccc(C(=O)OCC(=O)N2CCCC2)c1. The van der Waals surface area contributed by atoms with E-state index >= 15 is 0 Å². The topological polar surface area (TPSA) is 84.0 Å². The highest BCUT2D eigenvalue weighted by atomic mass is 32.2. The van der Waals surface area contributed by atoms with E-state index in [9.17, 15) is 18.0 Å². The standard InChI is InChI=1S/C17H24N2O5S/c1-13(2)18(3)25(22,23)15-8-6-7-14(11-15)17(21)24-12-16(20)19-9-4-5-10-19/h6-8,11,13H,4-5,9-10,12H2,1-3H3. The van der Waals surface area contributed by atoms with Gasteiger partial charge in [0, 0.05) is 26.2 Å². The smallest absolute Gasteiger partial charge is 0.338 e. The number of sulfonamides is 1. The third kappa shape index (κ3) is 4.58. The molecule has 1 aliphatic heterocycles. The van der Waals surface area contributed by atoms with Crippen LogP contribution in [-0.4, -0.2) is 62.3 Å². The Labute approximate surface area is 148 Å². The van der Waals surface area contributed by atoms with E-state index in [0.717, 1.165) is 12.8 Å². The number of benzene rings is 1. The van der Waals surface area contributed by atoms with Gasteiger partial charge in [-0.2, -0.15) is 4.31 Å². The molecular weight excluding hydrogens is 344 g/mol. The van der Waals surface area contributed by atoms with Gasteiger partial charge in [0.05, 0.1) is 10.5 Å². The highest BCUT2D eigenvalue weighted by Crippen LogP contribution is 2.18. The Morgan fingerprint density at radius 3 is 2.48 bits per heavy atom. The fourth-order valence-corrected chi connectivity index (χ4v) is 3.91. The number of rotatable bonds is 6. The Kier molecular flexibility index (Phi) is 6.18. The first-order chi connectivity index (χ1) is 11.7. The number of amides is 1. The summed E-state index contributed by atoms with van der Waals surface area (Å²) in [6.45, 7) is 4.57. The second kappa shape index (κ2) is 7.97. The Morgan fingerprint density at radius 1 is 1.24 bits per heavy atom. The molecule has 25 heavy (non-hydrogen) atoms. The molecule has 1 fully saturated rings. The fraction of sp³-hybridized carbons (Fsp3) is 0.529. The molecule has 2 rings (SSSR count). The van der Waals surface area contributed by atoms with Gasteiger partial charge in [0.1, 0.15) is 0 Å². The highest BCUT2D eigenvalue weighted by molar-refractivity contribution is 7.89. The van der Waals surface area contributed by atoms with Crippen molar-refractivity contribution in [3.8, 4) is 0 Å². The summed E-state index contributed by atoms with van der Waals surface area (Å²) in [4.78, 5) is 25.7. The number of esters is 1. The first-order valence-electron chi connectivity index (χ1n) is 8.26. The Morgan fingerprint density at radius 2 is 1.88 bits per heavy atom. The first kappa shape index (κ1) is 19.4. The lowest BCUT2D eigenvalue weighted by Gasteiger charge is -2.21. The van der Waals surface area contributed by atoms with Crippen molar-refractivity contribution < 1.29 is 22.7 Å². The van der Waals surface area contributed by atoms with E-state index in [4.69, 9.17) is 4.74 Å². The van der Waals surface area contributed by atoms with Crippen molar-refractivity contribution in [1.29, 1.82) is 0 Å². The molecule has 0 atom stereocenters. The molecule has 0 spiro atoms. The van der Waals surface area contributed by atoms with Crippen LogP contribution in [0.15, 0.2) is 29.2 Å². The van der Waals surface area contributed by atoms with Gasteiger partial charge in [-0.1, -0.05) is 6.07 Å². The molecule has 1 amide bonds. The maximum atomic E-state index is 12.5. The lowest BCUT2D eigenvalue weighted by molar-refractivity contribution is -0.133. The van der Waals surface area contributed by atoms with Crippen molar-refractivity contribution >= 4 is 21.9 Å². The van der Waals surface area contributed by atoms with Gasteiger partial charge in [-0.25, -0.2) is 13.2 Å². The summed E-state index contributed by atoms with van der Waals surface area (Å²) in [7, 11) is -2.20. The molecule has 0 bridgehead atoms. The molecule has 1 aromatic carbocycles. The maximum Gasteiger partial charge on any atom is 0.338 e. The Bertz CT molecular complexity index is 739. The zero-order chi connectivity index (χ0) is 18.6. The molecular formula is C17H24N2O5S. The number of ether oxygens (including phenoxy) is 1. The fourth-order valence-electron chi connectivity index (χ4n) is 2.50. The van der Waals surface area contributed by atoms with Crippen LogP contribution in [0.3, 0.4) is 0 Å². The zero-order valence-electron chi connectivity index (χ0n) is 14.8. The zero-order valence-corrected chi connectivity index (χ0v) is 15.6. The third-order valence-corrected chi connectivity index (χ3v) is 6.29. The van der Waals surface area contributed by atoms with Crippen molar-refractivity contribution in [1.82, 2.24) is 9.21 Å². The molecule has 0 aromatic heterocycles. The lowest BCUT2D eigenvalue weighted by Crippen LogP contribution is -2.33. The van der Waals surface area contributed by atoms with Crippen LogP contribution in [0, 0.1) is 0 Å². The van der Waals surface area contributed by atoms with Crippen LogP contribution >= 0.6 is 0 Å². The average molecular weight is 368 g/mol. The minimum Gasteiger partial charge on any atom is -0.452 e. The van der Waals surface area contributed by atoms with E-state index < -0.39 is 16.0 Å². The molecule has 0 saturated carbocycles. The second-order valence-electron chi connectivity index (χ2n) is 6.31. The number of carbonyl (C=O) groups excluding carboxylic acids is 2. The number of hydrogen-bond donors (Lipinski definition) is 0. The molecule has 1 aliphatic rings. The second-order valence-corrected chi connectivity index (χ2v) is 8.30. The Balaban J connectivity index is 2.07.